The van der Waals surface area contributed by atoms with E-state index in [2.05, 4.69) is 10.3 Å². The summed E-state index contributed by atoms with van der Waals surface area (Å²) in [4.78, 5) is 15.1. The van der Waals surface area contributed by atoms with E-state index in [1.54, 1.807) is 12.1 Å². The maximum absolute atomic E-state index is 10.9. The van der Waals surface area contributed by atoms with Gasteiger partial charge >= 0.3 is 5.97 Å². The molecule has 0 unspecified atom stereocenters. The van der Waals surface area contributed by atoms with Crippen LogP contribution in [0.2, 0.25) is 0 Å². The van der Waals surface area contributed by atoms with Gasteiger partial charge in [-0.05, 0) is 25.1 Å². The fourth-order valence-corrected chi connectivity index (χ4v) is 2.06. The van der Waals surface area contributed by atoms with Gasteiger partial charge in [-0.15, -0.1) is 11.3 Å². The highest BCUT2D eigenvalue weighted by Crippen LogP contribution is 2.23. The van der Waals surface area contributed by atoms with Crippen LogP contribution in [0.15, 0.2) is 23.6 Å². The van der Waals surface area contributed by atoms with Crippen LogP contribution in [0.4, 0.5) is 16.5 Å². The van der Waals surface area contributed by atoms with Gasteiger partial charge in [-0.2, -0.15) is 0 Å². The SMILES string of the molecule is Cc1csc(Nc2ccc(N)c(C(=O)O)c2)n1. The van der Waals surface area contributed by atoms with E-state index in [0.29, 0.717) is 5.69 Å². The Balaban J connectivity index is 2.28. The molecule has 0 saturated carbocycles. The van der Waals surface area contributed by atoms with Gasteiger partial charge in [0.15, 0.2) is 5.13 Å². The van der Waals surface area contributed by atoms with Gasteiger partial charge < -0.3 is 16.2 Å². The van der Waals surface area contributed by atoms with Gasteiger partial charge in [-0.25, -0.2) is 9.78 Å². The molecule has 1 aromatic carbocycles. The molecular formula is C11H11N3O2S. The summed E-state index contributed by atoms with van der Waals surface area (Å²) in [5.41, 5.74) is 7.48. The highest BCUT2D eigenvalue weighted by atomic mass is 32.1. The van der Waals surface area contributed by atoms with Gasteiger partial charge in [0.1, 0.15) is 0 Å². The second-order valence-corrected chi connectivity index (χ2v) is 4.38. The maximum atomic E-state index is 10.9. The molecule has 5 nitrogen and oxygen atoms in total. The number of carbonyl (C=O) groups is 1. The van der Waals surface area contributed by atoms with E-state index in [1.165, 1.54) is 17.4 Å². The van der Waals surface area contributed by atoms with Crippen LogP contribution in [0, 0.1) is 6.92 Å². The first-order valence-electron chi connectivity index (χ1n) is 4.88. The lowest BCUT2D eigenvalue weighted by atomic mass is 10.1. The topological polar surface area (TPSA) is 88.2 Å². The number of anilines is 3. The number of carboxylic acids is 1. The fourth-order valence-electron chi connectivity index (χ4n) is 1.35. The van der Waals surface area contributed by atoms with Crippen molar-refractivity contribution >= 4 is 33.8 Å². The lowest BCUT2D eigenvalue weighted by molar-refractivity contribution is 0.0698. The Kier molecular flexibility index (Phi) is 2.97. The van der Waals surface area contributed by atoms with Crippen LogP contribution in [0.3, 0.4) is 0 Å². The molecule has 0 amide bonds. The van der Waals surface area contributed by atoms with Gasteiger partial charge in [0.2, 0.25) is 0 Å². The minimum Gasteiger partial charge on any atom is -0.478 e. The molecule has 1 aromatic heterocycles. The highest BCUT2D eigenvalue weighted by Gasteiger charge is 2.09. The molecule has 4 N–H and O–H groups in total. The molecule has 0 radical (unpaired) electrons. The van der Waals surface area contributed by atoms with Gasteiger partial charge in [0.05, 0.1) is 11.3 Å². The standard InChI is InChI=1S/C11H11N3O2S/c1-6-5-17-11(13-6)14-7-2-3-9(12)8(4-7)10(15)16/h2-5H,12H2,1H3,(H,13,14)(H,15,16). The molecule has 2 aromatic rings. The minimum absolute atomic E-state index is 0.0864. The number of rotatable bonds is 3. The summed E-state index contributed by atoms with van der Waals surface area (Å²) in [6, 6.07) is 4.78. The number of nitrogen functional groups attached to an aromatic ring is 1. The van der Waals surface area contributed by atoms with Gasteiger partial charge in [-0.1, -0.05) is 0 Å². The molecule has 0 atom stereocenters. The number of aryl methyl sites for hydroxylation is 1. The monoisotopic (exact) mass is 249 g/mol. The number of aromatic carboxylic acids is 1. The first-order valence-corrected chi connectivity index (χ1v) is 5.76. The van der Waals surface area contributed by atoms with Crippen molar-refractivity contribution < 1.29 is 9.90 Å². The number of thiazole rings is 1. The third-order valence-corrected chi connectivity index (χ3v) is 3.03. The minimum atomic E-state index is -1.04. The van der Waals surface area contributed by atoms with Crippen molar-refractivity contribution in [3.8, 4) is 0 Å². The number of hydrogen-bond donors (Lipinski definition) is 3. The summed E-state index contributed by atoms with van der Waals surface area (Å²) in [5.74, 6) is -1.04. The van der Waals surface area contributed by atoms with Crippen LogP contribution in [0.25, 0.3) is 0 Å². The second kappa shape index (κ2) is 4.42. The van der Waals surface area contributed by atoms with Crippen molar-refractivity contribution in [3.63, 3.8) is 0 Å². The number of nitrogens with two attached hydrogens (primary N) is 1. The summed E-state index contributed by atoms with van der Waals surface area (Å²) in [6.45, 7) is 1.90. The molecule has 0 bridgehead atoms. The summed E-state index contributed by atoms with van der Waals surface area (Å²) in [5, 5.41) is 14.6. The Labute approximate surface area is 102 Å². The zero-order valence-electron chi connectivity index (χ0n) is 9.10. The van der Waals surface area contributed by atoms with Crippen LogP contribution in [-0.2, 0) is 0 Å². The Morgan fingerprint density at radius 1 is 1.53 bits per heavy atom. The van der Waals surface area contributed by atoms with Crippen molar-refractivity contribution in [3.05, 3.63) is 34.8 Å². The quantitative estimate of drug-likeness (QED) is 0.727. The van der Waals surface area contributed by atoms with E-state index in [4.69, 9.17) is 10.8 Å². The molecule has 0 spiro atoms. The number of aromatic nitrogens is 1. The van der Waals surface area contributed by atoms with Crippen molar-refractivity contribution in [1.29, 1.82) is 0 Å². The predicted octanol–water partition coefficient (Wildman–Crippen LogP) is 2.48. The molecule has 6 heteroatoms. The normalized spacial score (nSPS) is 10.2. The molecule has 1 heterocycles. The summed E-state index contributed by atoms with van der Waals surface area (Å²) < 4.78 is 0. The van der Waals surface area contributed by atoms with Gasteiger partial charge in [0, 0.05) is 16.8 Å². The van der Waals surface area contributed by atoms with E-state index in [1.807, 2.05) is 12.3 Å². The second-order valence-electron chi connectivity index (χ2n) is 3.53. The van der Waals surface area contributed by atoms with Crippen LogP contribution < -0.4 is 11.1 Å². The van der Waals surface area contributed by atoms with Crippen molar-refractivity contribution in [2.24, 2.45) is 0 Å². The maximum Gasteiger partial charge on any atom is 0.337 e. The molecule has 88 valence electrons. The number of benzene rings is 1. The molecule has 0 saturated heterocycles. The van der Waals surface area contributed by atoms with Gasteiger partial charge in [0.25, 0.3) is 0 Å². The van der Waals surface area contributed by atoms with E-state index in [0.717, 1.165) is 10.8 Å². The highest BCUT2D eigenvalue weighted by molar-refractivity contribution is 7.13. The number of nitrogens with zero attached hydrogens (tertiary/aromatic N) is 1. The Hall–Kier alpha value is -2.08. The largest absolute Gasteiger partial charge is 0.478 e. The molecule has 17 heavy (non-hydrogen) atoms. The summed E-state index contributed by atoms with van der Waals surface area (Å²) in [6.07, 6.45) is 0. The van der Waals surface area contributed by atoms with Crippen molar-refractivity contribution in [2.75, 3.05) is 11.1 Å². The molecule has 0 aliphatic heterocycles. The number of nitrogens with one attached hydrogen (secondary N) is 1. The molecule has 2 rings (SSSR count). The lowest BCUT2D eigenvalue weighted by Gasteiger charge is -2.05. The predicted molar refractivity (Wildman–Crippen MR) is 67.9 cm³/mol. The molecule has 0 aliphatic carbocycles. The summed E-state index contributed by atoms with van der Waals surface area (Å²) >= 11 is 1.46. The van der Waals surface area contributed by atoms with Crippen LogP contribution >= 0.6 is 11.3 Å². The molecule has 0 fully saturated rings. The third-order valence-electron chi connectivity index (χ3n) is 2.15. The summed E-state index contributed by atoms with van der Waals surface area (Å²) in [7, 11) is 0. The number of carboxylic acid groups (broad SMARTS) is 1. The third kappa shape index (κ3) is 2.54. The average molecular weight is 249 g/mol. The zero-order chi connectivity index (χ0) is 12.4. The van der Waals surface area contributed by atoms with Gasteiger partial charge in [-0.3, -0.25) is 0 Å². The number of hydrogen-bond acceptors (Lipinski definition) is 5. The molecular weight excluding hydrogens is 238 g/mol. The van der Waals surface area contributed by atoms with E-state index in [9.17, 15) is 4.79 Å². The molecule has 0 aliphatic rings. The fraction of sp³-hybridized carbons (Fsp3) is 0.0909. The first kappa shape index (κ1) is 11.4. The zero-order valence-corrected chi connectivity index (χ0v) is 9.91. The van der Waals surface area contributed by atoms with E-state index in [-0.39, 0.29) is 11.3 Å². The van der Waals surface area contributed by atoms with Crippen LogP contribution in [0.5, 0.6) is 0 Å². The van der Waals surface area contributed by atoms with E-state index >= 15 is 0 Å². The smallest absolute Gasteiger partial charge is 0.337 e. The Bertz CT molecular complexity index is 566. The first-order chi connectivity index (χ1) is 8.06. The van der Waals surface area contributed by atoms with Crippen LogP contribution in [-0.4, -0.2) is 16.1 Å². The average Bonchev–Trinajstić information content (AvgIpc) is 2.66. The van der Waals surface area contributed by atoms with E-state index < -0.39 is 5.97 Å². The van der Waals surface area contributed by atoms with Crippen molar-refractivity contribution in [2.45, 2.75) is 6.92 Å². The van der Waals surface area contributed by atoms with Crippen molar-refractivity contribution in [1.82, 2.24) is 4.98 Å². The Morgan fingerprint density at radius 2 is 2.29 bits per heavy atom. The Morgan fingerprint density at radius 3 is 2.88 bits per heavy atom. The van der Waals surface area contributed by atoms with Crippen LogP contribution in [0.1, 0.15) is 16.1 Å². The lowest BCUT2D eigenvalue weighted by Crippen LogP contribution is -2.03.